The lowest BCUT2D eigenvalue weighted by Crippen LogP contribution is -2.16. The number of allylic oxidation sites excluding steroid dienone is 1. The van der Waals surface area contributed by atoms with Crippen LogP contribution in [0.1, 0.15) is 0 Å². The van der Waals surface area contributed by atoms with Gasteiger partial charge in [-0.05, 0) is 23.4 Å². The molecule has 0 bridgehead atoms. The van der Waals surface area contributed by atoms with Crippen LogP contribution in [0.5, 0.6) is 0 Å². The molecule has 1 aromatic heterocycles. The summed E-state index contributed by atoms with van der Waals surface area (Å²) in [5, 5.41) is 0. The van der Waals surface area contributed by atoms with Gasteiger partial charge in [-0.15, -0.1) is 6.58 Å². The van der Waals surface area contributed by atoms with Crippen LogP contribution in [0.3, 0.4) is 0 Å². The molecule has 0 saturated carbocycles. The second-order valence-corrected chi connectivity index (χ2v) is 7.60. The number of aromatic nitrogens is 2. The minimum Gasteiger partial charge on any atom is -0.317 e. The first-order valence-electron chi connectivity index (χ1n) is 4.88. The van der Waals surface area contributed by atoms with E-state index in [-0.39, 0.29) is 0 Å². The van der Waals surface area contributed by atoms with E-state index in [1.165, 1.54) is 6.66 Å². The zero-order valence-electron chi connectivity index (χ0n) is 8.93. The molecular weight excluding hydrogens is 243 g/mol. The second kappa shape index (κ2) is 4.08. The molecule has 2 rings (SSSR count). The number of imidazole rings is 1. The summed E-state index contributed by atoms with van der Waals surface area (Å²) in [6, 6.07) is 7.63. The normalized spacial score (nSPS) is 14.9. The van der Waals surface area contributed by atoms with Crippen molar-refractivity contribution < 1.29 is 4.57 Å². The fourth-order valence-corrected chi connectivity index (χ4v) is 2.97. The lowest BCUT2D eigenvalue weighted by molar-refractivity contribution is 0.591. The van der Waals surface area contributed by atoms with Crippen molar-refractivity contribution in [1.82, 2.24) is 9.55 Å². The Morgan fingerprint density at radius 3 is 2.88 bits per heavy atom. The van der Waals surface area contributed by atoms with Crippen LogP contribution in [0.25, 0.3) is 11.0 Å². The molecule has 0 N–H and O–H groups in total. The number of nitrogens with zero attached hydrogens (tertiary/aromatic N) is 2. The first-order valence-corrected chi connectivity index (χ1v) is 7.94. The molecule has 16 heavy (non-hydrogen) atoms. The minimum atomic E-state index is -2.88. The minimum absolute atomic E-state index is 0.440. The lowest BCUT2D eigenvalue weighted by Gasteiger charge is -2.07. The molecule has 0 spiro atoms. The maximum absolute atomic E-state index is 11.9. The Labute approximate surface area is 98.9 Å². The van der Waals surface area contributed by atoms with Crippen molar-refractivity contribution in [3.63, 3.8) is 0 Å². The number of para-hydroxylation sites is 2. The van der Waals surface area contributed by atoms with E-state index in [9.17, 15) is 4.57 Å². The van der Waals surface area contributed by atoms with E-state index in [0.717, 1.165) is 11.0 Å². The van der Waals surface area contributed by atoms with E-state index >= 15 is 0 Å². The van der Waals surface area contributed by atoms with E-state index < -0.39 is 6.49 Å². The fraction of sp³-hybridized carbons (Fsp3) is 0.182. The third-order valence-corrected chi connectivity index (χ3v) is 3.81. The standard InChI is InChI=1S/C11H12ClN2OP/c1-3-8-14-10-7-5-4-6-9(10)13-11(14)16(2,12)15/h3-7H,1,8H2,2H3. The van der Waals surface area contributed by atoms with Gasteiger partial charge in [0.25, 0.3) is 0 Å². The number of hydrogen-bond donors (Lipinski definition) is 0. The second-order valence-electron chi connectivity index (χ2n) is 3.62. The molecule has 0 aliphatic carbocycles. The van der Waals surface area contributed by atoms with Crippen LogP contribution in [0.4, 0.5) is 0 Å². The van der Waals surface area contributed by atoms with Crippen molar-refractivity contribution in [3.05, 3.63) is 36.9 Å². The molecule has 0 saturated heterocycles. The van der Waals surface area contributed by atoms with E-state index in [4.69, 9.17) is 11.2 Å². The molecule has 0 aliphatic heterocycles. The molecular formula is C11H12ClN2OP. The van der Waals surface area contributed by atoms with Gasteiger partial charge in [0.15, 0.2) is 5.57 Å². The third kappa shape index (κ3) is 1.93. The Kier molecular flexibility index (Phi) is 2.92. The van der Waals surface area contributed by atoms with E-state index in [1.54, 1.807) is 6.08 Å². The van der Waals surface area contributed by atoms with Crippen LogP contribution in [0.15, 0.2) is 36.9 Å². The molecule has 1 atom stereocenters. The van der Waals surface area contributed by atoms with Crippen molar-refractivity contribution in [2.24, 2.45) is 0 Å². The smallest absolute Gasteiger partial charge is 0.228 e. The molecule has 5 heteroatoms. The van der Waals surface area contributed by atoms with Crippen LogP contribution in [-0.4, -0.2) is 16.2 Å². The number of fused-ring (bicyclic) bond motifs is 1. The van der Waals surface area contributed by atoms with Gasteiger partial charge in [-0.2, -0.15) is 0 Å². The lowest BCUT2D eigenvalue weighted by atomic mass is 10.3. The summed E-state index contributed by atoms with van der Waals surface area (Å²) in [7, 11) is 0. The quantitative estimate of drug-likeness (QED) is 0.623. The monoisotopic (exact) mass is 254 g/mol. The number of benzene rings is 1. The molecule has 2 aromatic rings. The van der Waals surface area contributed by atoms with Gasteiger partial charge in [-0.3, -0.25) is 4.57 Å². The summed E-state index contributed by atoms with van der Waals surface area (Å²) in [4.78, 5) is 4.32. The van der Waals surface area contributed by atoms with E-state index in [0.29, 0.717) is 12.1 Å². The number of hydrogen-bond acceptors (Lipinski definition) is 2. The SMILES string of the molecule is C=CCn1c(P(C)(=O)Cl)nc2ccccc21. The molecule has 0 fully saturated rings. The zero-order chi connectivity index (χ0) is 11.8. The van der Waals surface area contributed by atoms with E-state index in [2.05, 4.69) is 11.6 Å². The Morgan fingerprint density at radius 1 is 1.56 bits per heavy atom. The largest absolute Gasteiger partial charge is 0.317 e. The highest BCUT2D eigenvalue weighted by Gasteiger charge is 2.22. The van der Waals surface area contributed by atoms with Crippen molar-refractivity contribution in [3.8, 4) is 0 Å². The van der Waals surface area contributed by atoms with Crippen LogP contribution < -0.4 is 5.57 Å². The van der Waals surface area contributed by atoms with Crippen LogP contribution in [0.2, 0.25) is 0 Å². The van der Waals surface area contributed by atoms with Gasteiger partial charge in [0, 0.05) is 13.2 Å². The Hall–Kier alpha value is -1.05. The highest BCUT2D eigenvalue weighted by molar-refractivity contribution is 7.94. The predicted molar refractivity (Wildman–Crippen MR) is 68.9 cm³/mol. The molecule has 0 amide bonds. The maximum atomic E-state index is 11.9. The van der Waals surface area contributed by atoms with E-state index in [1.807, 2.05) is 28.8 Å². The summed E-state index contributed by atoms with van der Waals surface area (Å²) >= 11 is 5.91. The van der Waals surface area contributed by atoms with Gasteiger partial charge in [-0.1, -0.05) is 18.2 Å². The van der Waals surface area contributed by atoms with Gasteiger partial charge in [0.1, 0.15) is 0 Å². The van der Waals surface area contributed by atoms with Crippen molar-refractivity contribution in [2.45, 2.75) is 6.54 Å². The summed E-state index contributed by atoms with van der Waals surface area (Å²) in [6.45, 7) is 2.87. The van der Waals surface area contributed by atoms with Gasteiger partial charge in [0.2, 0.25) is 6.49 Å². The van der Waals surface area contributed by atoms with Crippen molar-refractivity contribution >= 4 is 34.3 Å². The van der Waals surface area contributed by atoms with Crippen LogP contribution in [0, 0.1) is 0 Å². The summed E-state index contributed by atoms with van der Waals surface area (Å²) in [5.74, 6) is 0. The topological polar surface area (TPSA) is 34.9 Å². The highest BCUT2D eigenvalue weighted by Crippen LogP contribution is 2.45. The average molecular weight is 255 g/mol. The third-order valence-electron chi connectivity index (χ3n) is 2.30. The maximum Gasteiger partial charge on any atom is 0.228 e. The summed E-state index contributed by atoms with van der Waals surface area (Å²) in [6.07, 6.45) is 1.74. The van der Waals surface area contributed by atoms with Crippen molar-refractivity contribution in [2.75, 3.05) is 6.66 Å². The zero-order valence-corrected chi connectivity index (χ0v) is 10.6. The molecule has 3 nitrogen and oxygen atoms in total. The predicted octanol–water partition coefficient (Wildman–Crippen LogP) is 2.99. The first kappa shape index (κ1) is 11.4. The Balaban J connectivity index is 2.78. The first-order chi connectivity index (χ1) is 7.54. The van der Waals surface area contributed by atoms with Gasteiger partial charge in [0.05, 0.1) is 11.0 Å². The molecule has 0 radical (unpaired) electrons. The molecule has 0 aliphatic rings. The molecule has 1 unspecified atom stereocenters. The Bertz CT molecular complexity index is 585. The fourth-order valence-electron chi connectivity index (χ4n) is 1.68. The van der Waals surface area contributed by atoms with Gasteiger partial charge < -0.3 is 4.57 Å². The van der Waals surface area contributed by atoms with Gasteiger partial charge >= 0.3 is 0 Å². The van der Waals surface area contributed by atoms with Crippen molar-refractivity contribution in [1.29, 1.82) is 0 Å². The summed E-state index contributed by atoms with van der Waals surface area (Å²) < 4.78 is 13.8. The molecule has 84 valence electrons. The average Bonchev–Trinajstić information content (AvgIpc) is 2.58. The highest BCUT2D eigenvalue weighted by atomic mass is 35.7. The van der Waals surface area contributed by atoms with Crippen LogP contribution in [-0.2, 0) is 11.1 Å². The van der Waals surface area contributed by atoms with Gasteiger partial charge in [-0.25, -0.2) is 4.98 Å². The molecule has 1 aromatic carbocycles. The van der Waals surface area contributed by atoms with Crippen LogP contribution >= 0.6 is 17.7 Å². The summed E-state index contributed by atoms with van der Waals surface area (Å²) in [5.41, 5.74) is 2.18. The molecule has 1 heterocycles. The number of rotatable bonds is 3. The number of halogens is 1. The Morgan fingerprint density at radius 2 is 2.25 bits per heavy atom.